The molecule has 0 bridgehead atoms. The lowest BCUT2D eigenvalue weighted by atomic mass is 10.1. The van der Waals surface area contributed by atoms with Crippen LogP contribution < -0.4 is 15.5 Å². The van der Waals surface area contributed by atoms with Crippen molar-refractivity contribution >= 4 is 11.8 Å². The fourth-order valence-corrected chi connectivity index (χ4v) is 3.45. The summed E-state index contributed by atoms with van der Waals surface area (Å²) in [7, 11) is 0. The molecule has 0 aromatic carbocycles. The van der Waals surface area contributed by atoms with E-state index in [4.69, 9.17) is 0 Å². The zero-order chi connectivity index (χ0) is 20.7. The van der Waals surface area contributed by atoms with Crippen LogP contribution in [0.5, 0.6) is 0 Å². The molecule has 158 valence electrons. The average Bonchev–Trinajstić information content (AvgIpc) is 2.67. The van der Waals surface area contributed by atoms with Gasteiger partial charge in [-0.15, -0.1) is 0 Å². The van der Waals surface area contributed by atoms with Crippen LogP contribution in [0.15, 0.2) is 18.3 Å². The van der Waals surface area contributed by atoms with Crippen LogP contribution in [0.1, 0.15) is 39.2 Å². The number of hydrogen-bond donors (Lipinski definition) is 2. The number of likely N-dealkylation sites (N-methyl/N-ethyl adjacent to an activating group) is 1. The van der Waals surface area contributed by atoms with E-state index >= 15 is 0 Å². The third-order valence-electron chi connectivity index (χ3n) is 5.22. The molecule has 6 nitrogen and oxygen atoms in total. The first-order valence-corrected chi connectivity index (χ1v) is 9.81. The van der Waals surface area contributed by atoms with Crippen molar-refractivity contribution in [3.8, 4) is 0 Å². The molecule has 1 atom stereocenters. The molecule has 1 saturated heterocycles. The van der Waals surface area contributed by atoms with Crippen molar-refractivity contribution in [1.82, 2.24) is 20.5 Å². The summed E-state index contributed by atoms with van der Waals surface area (Å²) in [5.74, 6) is 0.531. The summed E-state index contributed by atoms with van der Waals surface area (Å²) < 4.78 is 37.9. The number of carbonyl (C=O) groups excluding carboxylic acids is 1. The molecule has 9 heteroatoms. The minimum atomic E-state index is -4.38. The Kier molecular flexibility index (Phi) is 7.91. The molecule has 28 heavy (non-hydrogen) atoms. The Hall–Kier alpha value is -2.03. The second-order valence-electron chi connectivity index (χ2n) is 7.09. The van der Waals surface area contributed by atoms with Crippen molar-refractivity contribution in [1.29, 1.82) is 0 Å². The standard InChI is InChI=1S/C19H30F3N5O/c1-4-26(5-2)14(3)12-24-18(28)25-16-8-10-27(11-9-16)17-7-6-15(13-23-17)19(20,21)22/h6-7,13-14,16H,4-5,8-12H2,1-3H3,(H2,24,25,28). The number of nitrogens with zero attached hydrogens (tertiary/aromatic N) is 3. The molecule has 0 radical (unpaired) electrons. The highest BCUT2D eigenvalue weighted by Crippen LogP contribution is 2.29. The molecule has 2 rings (SSSR count). The van der Waals surface area contributed by atoms with Crippen molar-refractivity contribution in [2.24, 2.45) is 0 Å². The Morgan fingerprint density at radius 3 is 2.43 bits per heavy atom. The van der Waals surface area contributed by atoms with Gasteiger partial charge in [0.15, 0.2) is 0 Å². The highest BCUT2D eigenvalue weighted by Gasteiger charge is 2.31. The number of halogens is 3. The van der Waals surface area contributed by atoms with Crippen LogP contribution in [-0.4, -0.2) is 60.7 Å². The van der Waals surface area contributed by atoms with Crippen molar-refractivity contribution in [3.05, 3.63) is 23.9 Å². The van der Waals surface area contributed by atoms with Gasteiger partial charge in [0, 0.05) is 37.9 Å². The molecule has 0 saturated carbocycles. The van der Waals surface area contributed by atoms with Crippen LogP contribution in [0.2, 0.25) is 0 Å². The minimum absolute atomic E-state index is 0.0504. The Morgan fingerprint density at radius 2 is 1.93 bits per heavy atom. The van der Waals surface area contributed by atoms with Crippen LogP contribution in [-0.2, 0) is 6.18 Å². The lowest BCUT2D eigenvalue weighted by Gasteiger charge is -2.33. The fourth-order valence-electron chi connectivity index (χ4n) is 3.45. The summed E-state index contributed by atoms with van der Waals surface area (Å²) >= 11 is 0. The first-order valence-electron chi connectivity index (χ1n) is 9.81. The number of urea groups is 1. The molecule has 1 aromatic rings. The predicted octanol–water partition coefficient (Wildman–Crippen LogP) is 3.10. The number of aromatic nitrogens is 1. The van der Waals surface area contributed by atoms with Gasteiger partial charge >= 0.3 is 12.2 Å². The number of piperidine rings is 1. The quantitative estimate of drug-likeness (QED) is 0.737. The molecule has 2 amide bonds. The topological polar surface area (TPSA) is 60.5 Å². The Balaban J connectivity index is 1.75. The number of alkyl halides is 3. The molecule has 2 N–H and O–H groups in total. The van der Waals surface area contributed by atoms with E-state index in [1.165, 1.54) is 6.07 Å². The molecule has 1 unspecified atom stereocenters. The van der Waals surface area contributed by atoms with Gasteiger partial charge in [0.25, 0.3) is 0 Å². The van der Waals surface area contributed by atoms with Crippen LogP contribution in [0.4, 0.5) is 23.8 Å². The monoisotopic (exact) mass is 401 g/mol. The molecule has 1 aliphatic rings. The van der Waals surface area contributed by atoms with E-state index in [1.807, 2.05) is 4.90 Å². The summed E-state index contributed by atoms with van der Waals surface area (Å²) in [6.45, 7) is 10.0. The predicted molar refractivity (Wildman–Crippen MR) is 103 cm³/mol. The van der Waals surface area contributed by atoms with Crippen LogP contribution >= 0.6 is 0 Å². The summed E-state index contributed by atoms with van der Waals surface area (Å²) in [6, 6.07) is 2.60. The maximum absolute atomic E-state index is 12.6. The SMILES string of the molecule is CCN(CC)C(C)CNC(=O)NC1CCN(c2ccc(C(F)(F)F)cn2)CC1. The molecule has 2 heterocycles. The summed E-state index contributed by atoms with van der Waals surface area (Å²) in [5, 5.41) is 5.90. The van der Waals surface area contributed by atoms with Gasteiger partial charge in [-0.05, 0) is 45.0 Å². The van der Waals surface area contributed by atoms with Gasteiger partial charge in [-0.2, -0.15) is 13.2 Å². The number of hydrogen-bond acceptors (Lipinski definition) is 4. The molecule has 1 aliphatic heterocycles. The molecular formula is C19H30F3N5O. The lowest BCUT2D eigenvalue weighted by molar-refractivity contribution is -0.137. The third kappa shape index (κ3) is 6.25. The van der Waals surface area contributed by atoms with Crippen LogP contribution in [0, 0.1) is 0 Å². The van der Waals surface area contributed by atoms with Crippen LogP contribution in [0.3, 0.4) is 0 Å². The first kappa shape index (κ1) is 22.3. The summed E-state index contributed by atoms with van der Waals surface area (Å²) in [6.07, 6.45) is -2.06. The van der Waals surface area contributed by atoms with Crippen molar-refractivity contribution in [3.63, 3.8) is 0 Å². The molecule has 1 aromatic heterocycles. The number of carbonyl (C=O) groups is 1. The third-order valence-corrected chi connectivity index (χ3v) is 5.22. The van der Waals surface area contributed by atoms with E-state index in [-0.39, 0.29) is 18.1 Å². The van der Waals surface area contributed by atoms with Gasteiger partial charge in [0.1, 0.15) is 5.82 Å². The van der Waals surface area contributed by atoms with E-state index in [0.29, 0.717) is 25.5 Å². The second kappa shape index (κ2) is 9.95. The molecule has 1 fully saturated rings. The molecular weight excluding hydrogens is 371 g/mol. The summed E-state index contributed by atoms with van der Waals surface area (Å²) in [4.78, 5) is 20.3. The highest BCUT2D eigenvalue weighted by atomic mass is 19.4. The van der Waals surface area contributed by atoms with Crippen molar-refractivity contribution < 1.29 is 18.0 Å². The minimum Gasteiger partial charge on any atom is -0.356 e. The Bertz CT molecular complexity index is 611. The maximum Gasteiger partial charge on any atom is 0.417 e. The van der Waals surface area contributed by atoms with Gasteiger partial charge in [-0.25, -0.2) is 9.78 Å². The maximum atomic E-state index is 12.6. The number of rotatable bonds is 7. The highest BCUT2D eigenvalue weighted by molar-refractivity contribution is 5.74. The van der Waals surface area contributed by atoms with E-state index in [2.05, 4.69) is 41.3 Å². The zero-order valence-corrected chi connectivity index (χ0v) is 16.7. The van der Waals surface area contributed by atoms with E-state index < -0.39 is 11.7 Å². The largest absolute Gasteiger partial charge is 0.417 e. The number of pyridine rings is 1. The van der Waals surface area contributed by atoms with Gasteiger partial charge in [-0.1, -0.05) is 13.8 Å². The lowest BCUT2D eigenvalue weighted by Crippen LogP contribution is -2.50. The Labute approximate surface area is 164 Å². The Morgan fingerprint density at radius 1 is 1.29 bits per heavy atom. The normalized spacial score (nSPS) is 16.9. The van der Waals surface area contributed by atoms with Crippen LogP contribution in [0.25, 0.3) is 0 Å². The van der Waals surface area contributed by atoms with Crippen molar-refractivity contribution in [2.45, 2.75) is 51.9 Å². The average molecular weight is 401 g/mol. The number of amides is 2. The van der Waals surface area contributed by atoms with E-state index in [1.54, 1.807) is 0 Å². The first-order chi connectivity index (χ1) is 13.2. The second-order valence-corrected chi connectivity index (χ2v) is 7.09. The smallest absolute Gasteiger partial charge is 0.356 e. The van der Waals surface area contributed by atoms with E-state index in [9.17, 15) is 18.0 Å². The van der Waals surface area contributed by atoms with Gasteiger partial charge in [-0.3, -0.25) is 4.90 Å². The van der Waals surface area contributed by atoms with E-state index in [0.717, 1.165) is 38.2 Å². The number of anilines is 1. The molecule has 0 aliphatic carbocycles. The van der Waals surface area contributed by atoms with Crippen molar-refractivity contribution in [2.75, 3.05) is 37.6 Å². The zero-order valence-electron chi connectivity index (χ0n) is 16.7. The summed E-state index contributed by atoms with van der Waals surface area (Å²) in [5.41, 5.74) is -0.747. The fraction of sp³-hybridized carbons (Fsp3) is 0.684. The van der Waals surface area contributed by atoms with Gasteiger partial charge in [0.05, 0.1) is 5.56 Å². The van der Waals surface area contributed by atoms with Gasteiger partial charge < -0.3 is 15.5 Å². The van der Waals surface area contributed by atoms with Gasteiger partial charge in [0.2, 0.25) is 0 Å². The number of nitrogens with one attached hydrogen (secondary N) is 2. The molecule has 0 spiro atoms.